The minimum atomic E-state index is -0.868. The molecule has 1 atom stereocenters. The Hall–Kier alpha value is -3.46. The second-order valence-corrected chi connectivity index (χ2v) is 8.52. The molecular weight excluding hydrogens is 428 g/mol. The average Bonchev–Trinajstić information content (AvgIpc) is 3.59. The SMILES string of the molecule is O=C(NCC(=O)N(c1cccnc1)[C@@H](C(=O)NC1CCCC1)c1cccs1)c1ccco1. The van der Waals surface area contributed by atoms with Gasteiger partial charge < -0.3 is 15.1 Å². The van der Waals surface area contributed by atoms with Crippen molar-refractivity contribution in [1.29, 1.82) is 0 Å². The number of hydrogen-bond acceptors (Lipinski definition) is 6. The minimum Gasteiger partial charge on any atom is -0.459 e. The number of anilines is 1. The second kappa shape index (κ2) is 10.2. The maximum atomic E-state index is 13.4. The lowest BCUT2D eigenvalue weighted by Crippen LogP contribution is -2.49. The van der Waals surface area contributed by atoms with Crippen LogP contribution in [-0.4, -0.2) is 35.3 Å². The van der Waals surface area contributed by atoms with E-state index in [0.717, 1.165) is 30.6 Å². The third-order valence-corrected chi connectivity index (χ3v) is 6.28. The summed E-state index contributed by atoms with van der Waals surface area (Å²) >= 11 is 1.40. The molecule has 0 radical (unpaired) electrons. The summed E-state index contributed by atoms with van der Waals surface area (Å²) in [4.78, 5) is 45.3. The highest BCUT2D eigenvalue weighted by Gasteiger charge is 2.35. The highest BCUT2D eigenvalue weighted by molar-refractivity contribution is 7.10. The lowest BCUT2D eigenvalue weighted by Gasteiger charge is -2.31. The summed E-state index contributed by atoms with van der Waals surface area (Å²) in [6.07, 6.45) is 8.56. The van der Waals surface area contributed by atoms with E-state index in [0.29, 0.717) is 5.69 Å². The molecule has 0 spiro atoms. The fourth-order valence-electron chi connectivity index (χ4n) is 3.84. The smallest absolute Gasteiger partial charge is 0.287 e. The van der Waals surface area contributed by atoms with Gasteiger partial charge in [-0.1, -0.05) is 18.9 Å². The Morgan fingerprint density at radius 3 is 2.66 bits per heavy atom. The predicted octanol–water partition coefficient (Wildman–Crippen LogP) is 3.30. The zero-order valence-electron chi connectivity index (χ0n) is 17.4. The van der Waals surface area contributed by atoms with Crippen LogP contribution in [0.25, 0.3) is 0 Å². The molecule has 1 fully saturated rings. The molecule has 3 aromatic heterocycles. The van der Waals surface area contributed by atoms with Gasteiger partial charge in [0, 0.05) is 17.1 Å². The molecule has 0 aromatic carbocycles. The van der Waals surface area contributed by atoms with E-state index in [9.17, 15) is 14.4 Å². The molecule has 1 aliphatic carbocycles. The lowest BCUT2D eigenvalue weighted by molar-refractivity contribution is -0.126. The quantitative estimate of drug-likeness (QED) is 0.546. The fraction of sp³-hybridized carbons (Fsp3) is 0.304. The number of hydrogen-bond donors (Lipinski definition) is 2. The number of pyridine rings is 1. The van der Waals surface area contributed by atoms with Crippen molar-refractivity contribution in [3.63, 3.8) is 0 Å². The van der Waals surface area contributed by atoms with Gasteiger partial charge in [-0.15, -0.1) is 11.3 Å². The van der Waals surface area contributed by atoms with Crippen LogP contribution in [0.15, 0.2) is 64.9 Å². The molecule has 3 amide bonds. The van der Waals surface area contributed by atoms with E-state index in [2.05, 4.69) is 15.6 Å². The van der Waals surface area contributed by atoms with Gasteiger partial charge in [-0.05, 0) is 48.6 Å². The Balaban J connectivity index is 1.61. The summed E-state index contributed by atoms with van der Waals surface area (Å²) in [5.74, 6) is -1.07. The summed E-state index contributed by atoms with van der Waals surface area (Å²) in [6, 6.07) is 9.46. The Bertz CT molecular complexity index is 1030. The number of thiophene rings is 1. The van der Waals surface area contributed by atoms with Crippen molar-refractivity contribution in [2.24, 2.45) is 0 Å². The van der Waals surface area contributed by atoms with Gasteiger partial charge in [0.15, 0.2) is 5.76 Å². The number of rotatable bonds is 8. The molecule has 4 rings (SSSR count). The number of amides is 3. The molecule has 32 heavy (non-hydrogen) atoms. The largest absolute Gasteiger partial charge is 0.459 e. The van der Waals surface area contributed by atoms with Crippen LogP contribution in [0.1, 0.15) is 47.2 Å². The fourth-order valence-corrected chi connectivity index (χ4v) is 4.65. The van der Waals surface area contributed by atoms with E-state index in [-0.39, 0.29) is 24.3 Å². The molecule has 2 N–H and O–H groups in total. The number of carbonyl (C=O) groups excluding carboxylic acids is 3. The molecular formula is C23H24N4O4S. The van der Waals surface area contributed by atoms with Gasteiger partial charge in [0.25, 0.3) is 5.91 Å². The van der Waals surface area contributed by atoms with E-state index < -0.39 is 17.9 Å². The maximum absolute atomic E-state index is 13.4. The second-order valence-electron chi connectivity index (χ2n) is 7.54. The number of furan rings is 1. The van der Waals surface area contributed by atoms with Crippen LogP contribution in [0.2, 0.25) is 0 Å². The third-order valence-electron chi connectivity index (χ3n) is 5.36. The van der Waals surface area contributed by atoms with Crippen LogP contribution in [0.4, 0.5) is 5.69 Å². The summed E-state index contributed by atoms with van der Waals surface area (Å²) in [5, 5.41) is 7.56. The summed E-state index contributed by atoms with van der Waals surface area (Å²) in [6.45, 7) is -0.299. The van der Waals surface area contributed by atoms with Crippen molar-refractivity contribution in [1.82, 2.24) is 15.6 Å². The zero-order chi connectivity index (χ0) is 22.3. The number of aromatic nitrogens is 1. The molecule has 9 heteroatoms. The first-order valence-corrected chi connectivity index (χ1v) is 11.4. The van der Waals surface area contributed by atoms with Crippen molar-refractivity contribution in [3.8, 4) is 0 Å². The number of nitrogens with one attached hydrogen (secondary N) is 2. The third kappa shape index (κ3) is 5.05. The van der Waals surface area contributed by atoms with Crippen LogP contribution in [-0.2, 0) is 9.59 Å². The molecule has 0 bridgehead atoms. The Kier molecular flexibility index (Phi) is 6.96. The molecule has 1 saturated carbocycles. The summed E-state index contributed by atoms with van der Waals surface area (Å²) in [5.41, 5.74) is 0.477. The van der Waals surface area contributed by atoms with E-state index in [1.807, 2.05) is 17.5 Å². The molecule has 0 unspecified atom stereocenters. The monoisotopic (exact) mass is 452 g/mol. The maximum Gasteiger partial charge on any atom is 0.287 e. The van der Waals surface area contributed by atoms with E-state index in [4.69, 9.17) is 4.42 Å². The Morgan fingerprint density at radius 1 is 1.16 bits per heavy atom. The molecule has 8 nitrogen and oxygen atoms in total. The summed E-state index contributed by atoms with van der Waals surface area (Å²) < 4.78 is 5.08. The van der Waals surface area contributed by atoms with Crippen molar-refractivity contribution < 1.29 is 18.8 Å². The normalized spacial score (nSPS) is 14.6. The van der Waals surface area contributed by atoms with Gasteiger partial charge in [-0.25, -0.2) is 0 Å². The van der Waals surface area contributed by atoms with Gasteiger partial charge in [0.05, 0.1) is 24.7 Å². The van der Waals surface area contributed by atoms with Crippen LogP contribution in [0, 0.1) is 0 Å². The molecule has 166 valence electrons. The molecule has 3 aromatic rings. The first kappa shape index (κ1) is 21.8. The van der Waals surface area contributed by atoms with E-state index >= 15 is 0 Å². The van der Waals surface area contributed by atoms with Crippen LogP contribution in [0.3, 0.4) is 0 Å². The standard InChI is InChI=1S/C23H24N4O4S/c28-20(15-25-22(29)18-9-4-12-31-18)27(17-8-3-11-24-14-17)21(19-10-5-13-32-19)23(30)26-16-6-1-2-7-16/h3-5,8-14,16,21H,1-2,6-7,15H2,(H,25,29)(H,26,30)/t21-/m1/s1. The lowest BCUT2D eigenvalue weighted by atomic mass is 10.1. The van der Waals surface area contributed by atoms with Gasteiger partial charge in [0.2, 0.25) is 11.8 Å². The molecule has 3 heterocycles. The van der Waals surface area contributed by atoms with Gasteiger partial charge in [-0.3, -0.25) is 24.3 Å². The average molecular weight is 453 g/mol. The van der Waals surface area contributed by atoms with Crippen LogP contribution in [0.5, 0.6) is 0 Å². The van der Waals surface area contributed by atoms with E-state index in [1.54, 1.807) is 24.4 Å². The number of carbonyl (C=O) groups is 3. The van der Waals surface area contributed by atoms with Gasteiger partial charge in [0.1, 0.15) is 6.04 Å². The first-order chi connectivity index (χ1) is 15.6. The van der Waals surface area contributed by atoms with Crippen LogP contribution < -0.4 is 15.5 Å². The predicted molar refractivity (Wildman–Crippen MR) is 120 cm³/mol. The first-order valence-electron chi connectivity index (χ1n) is 10.5. The minimum absolute atomic E-state index is 0.106. The molecule has 1 aliphatic rings. The van der Waals surface area contributed by atoms with Crippen LogP contribution >= 0.6 is 11.3 Å². The van der Waals surface area contributed by atoms with Crippen molar-refractivity contribution in [2.75, 3.05) is 11.4 Å². The molecule has 0 aliphatic heterocycles. The van der Waals surface area contributed by atoms with Crippen molar-refractivity contribution in [3.05, 3.63) is 71.1 Å². The highest BCUT2D eigenvalue weighted by Crippen LogP contribution is 2.31. The Labute approximate surface area is 189 Å². The Morgan fingerprint density at radius 2 is 2.00 bits per heavy atom. The van der Waals surface area contributed by atoms with Gasteiger partial charge in [-0.2, -0.15) is 0 Å². The van der Waals surface area contributed by atoms with Crippen molar-refractivity contribution in [2.45, 2.75) is 37.8 Å². The van der Waals surface area contributed by atoms with Crippen molar-refractivity contribution >= 4 is 34.7 Å². The van der Waals surface area contributed by atoms with Gasteiger partial charge >= 0.3 is 0 Å². The number of nitrogens with zero attached hydrogens (tertiary/aromatic N) is 2. The summed E-state index contributed by atoms with van der Waals surface area (Å²) in [7, 11) is 0. The highest BCUT2D eigenvalue weighted by atomic mass is 32.1. The zero-order valence-corrected chi connectivity index (χ0v) is 18.2. The molecule has 0 saturated heterocycles. The topological polar surface area (TPSA) is 105 Å². The van der Waals surface area contributed by atoms with E-state index in [1.165, 1.54) is 34.8 Å².